The van der Waals surface area contributed by atoms with Gasteiger partial charge in [0, 0.05) is 24.8 Å². The molecule has 0 radical (unpaired) electrons. The first kappa shape index (κ1) is 27.7. The fourth-order valence-corrected chi connectivity index (χ4v) is 5.30. The number of H-pyrrole nitrogens is 1. The minimum absolute atomic E-state index is 0.168. The summed E-state index contributed by atoms with van der Waals surface area (Å²) in [6, 6.07) is 9.99. The highest BCUT2D eigenvalue weighted by atomic mass is 16.6. The number of rotatable bonds is 6. The number of hydrogen-bond donors (Lipinski definition) is 4. The average molecular weight is 523 g/mol. The molecule has 9 nitrogen and oxygen atoms in total. The van der Waals surface area contributed by atoms with Crippen molar-refractivity contribution in [3.05, 3.63) is 58.0 Å². The number of benzene rings is 1. The quantitative estimate of drug-likeness (QED) is 0.328. The smallest absolute Gasteiger partial charge is 0.410 e. The Labute approximate surface area is 225 Å². The third-order valence-corrected chi connectivity index (χ3v) is 7.62. The van der Waals surface area contributed by atoms with Crippen molar-refractivity contribution in [1.82, 2.24) is 15.2 Å². The van der Waals surface area contributed by atoms with Crippen molar-refractivity contribution in [3.8, 4) is 0 Å². The van der Waals surface area contributed by atoms with Gasteiger partial charge in [-0.25, -0.2) is 9.79 Å². The van der Waals surface area contributed by atoms with Gasteiger partial charge in [0.2, 0.25) is 0 Å². The van der Waals surface area contributed by atoms with E-state index in [1.54, 1.807) is 11.1 Å². The first-order valence-corrected chi connectivity index (χ1v) is 13.7. The molecule has 5 N–H and O–H groups in total. The number of likely N-dealkylation sites (tertiary alicyclic amines) is 1. The van der Waals surface area contributed by atoms with Crippen molar-refractivity contribution < 1.29 is 9.53 Å². The summed E-state index contributed by atoms with van der Waals surface area (Å²) in [6.45, 7) is 11.0. The van der Waals surface area contributed by atoms with Crippen LogP contribution in [0.1, 0.15) is 76.8 Å². The summed E-state index contributed by atoms with van der Waals surface area (Å²) >= 11 is 0. The van der Waals surface area contributed by atoms with Gasteiger partial charge in [0.15, 0.2) is 0 Å². The molecule has 1 amide bonds. The summed E-state index contributed by atoms with van der Waals surface area (Å²) in [7, 11) is 0. The Morgan fingerprint density at radius 3 is 2.42 bits per heavy atom. The minimum atomic E-state index is -0.529. The second-order valence-electron chi connectivity index (χ2n) is 11.4. The van der Waals surface area contributed by atoms with Gasteiger partial charge in [-0.1, -0.05) is 19.1 Å². The zero-order valence-corrected chi connectivity index (χ0v) is 23.1. The van der Waals surface area contributed by atoms with E-state index in [1.807, 2.05) is 39.0 Å². The Balaban J connectivity index is 1.50. The number of pyridine rings is 1. The highest BCUT2D eigenvalue weighted by Gasteiger charge is 2.36. The summed E-state index contributed by atoms with van der Waals surface area (Å²) in [5.41, 5.74) is 8.33. The Kier molecular flexibility index (Phi) is 8.45. The summed E-state index contributed by atoms with van der Waals surface area (Å²) in [5.74, 6) is 0.729. The number of piperidine rings is 2. The van der Waals surface area contributed by atoms with Gasteiger partial charge in [-0.3, -0.25) is 4.79 Å². The van der Waals surface area contributed by atoms with Gasteiger partial charge in [0.25, 0.3) is 5.56 Å². The van der Waals surface area contributed by atoms with Gasteiger partial charge in [-0.2, -0.15) is 0 Å². The van der Waals surface area contributed by atoms with Crippen molar-refractivity contribution in [3.63, 3.8) is 0 Å². The van der Waals surface area contributed by atoms with Crippen LogP contribution in [0.25, 0.3) is 0 Å². The molecular formula is C29H42N6O3. The van der Waals surface area contributed by atoms with Gasteiger partial charge in [0.1, 0.15) is 17.0 Å². The Hall–Kier alpha value is -3.33. The highest BCUT2D eigenvalue weighted by Crippen LogP contribution is 2.32. The van der Waals surface area contributed by atoms with E-state index in [-0.39, 0.29) is 23.0 Å². The molecule has 0 unspecified atom stereocenters. The maximum absolute atomic E-state index is 12.9. The van der Waals surface area contributed by atoms with Gasteiger partial charge in [0.05, 0.1) is 11.4 Å². The van der Waals surface area contributed by atoms with E-state index >= 15 is 0 Å². The van der Waals surface area contributed by atoms with Crippen LogP contribution < -0.4 is 21.9 Å². The fourth-order valence-electron chi connectivity index (χ4n) is 5.30. The lowest BCUT2D eigenvalue weighted by atomic mass is 9.84. The first-order valence-electron chi connectivity index (χ1n) is 13.7. The van der Waals surface area contributed by atoms with Gasteiger partial charge in [-0.05, 0) is 95.6 Å². The molecule has 206 valence electrons. The van der Waals surface area contributed by atoms with Crippen LogP contribution in [0.2, 0.25) is 0 Å². The van der Waals surface area contributed by atoms with Crippen molar-refractivity contribution >= 4 is 23.3 Å². The molecule has 2 aliphatic rings. The Bertz CT molecular complexity index is 1180. The monoisotopic (exact) mass is 522 g/mol. The molecule has 38 heavy (non-hydrogen) atoms. The number of nitrogens with zero attached hydrogens (tertiary/aromatic N) is 2. The summed E-state index contributed by atoms with van der Waals surface area (Å²) in [5, 5.41) is 7.02. The lowest BCUT2D eigenvalue weighted by Crippen LogP contribution is -2.51. The zero-order valence-electron chi connectivity index (χ0n) is 23.1. The topological polar surface area (TPSA) is 125 Å². The first-order chi connectivity index (χ1) is 18.1. The molecule has 9 heteroatoms. The number of aromatic nitrogens is 1. The largest absolute Gasteiger partial charge is 0.444 e. The molecule has 0 aliphatic carbocycles. The molecule has 0 bridgehead atoms. The van der Waals surface area contributed by atoms with Crippen LogP contribution in [0.5, 0.6) is 0 Å². The number of aromatic amines is 1. The number of nitrogens with one attached hydrogen (secondary N) is 3. The summed E-state index contributed by atoms with van der Waals surface area (Å²) in [4.78, 5) is 34.5. The van der Waals surface area contributed by atoms with E-state index < -0.39 is 5.60 Å². The Morgan fingerprint density at radius 1 is 1.16 bits per heavy atom. The fraction of sp³-hybridized carbons (Fsp3) is 0.552. The van der Waals surface area contributed by atoms with E-state index in [0.29, 0.717) is 35.9 Å². The summed E-state index contributed by atoms with van der Waals surface area (Å²) < 4.78 is 5.55. The van der Waals surface area contributed by atoms with Gasteiger partial charge >= 0.3 is 6.09 Å². The molecule has 2 saturated heterocycles. The van der Waals surface area contributed by atoms with Crippen LogP contribution in [0.4, 0.5) is 16.2 Å². The van der Waals surface area contributed by atoms with E-state index in [1.165, 1.54) is 5.56 Å². The van der Waals surface area contributed by atoms with Crippen LogP contribution in [-0.2, 0) is 4.74 Å². The molecule has 4 rings (SSSR count). The third-order valence-electron chi connectivity index (χ3n) is 7.62. The number of nitrogens with two attached hydrogens (primary N) is 1. The number of carbonyl (C=O) groups is 1. The molecule has 2 aromatic rings. The second kappa shape index (κ2) is 11.6. The number of aliphatic imine (C=N–C) groups is 1. The molecule has 2 aliphatic heterocycles. The number of hydrogen-bond acceptors (Lipinski definition) is 6. The molecule has 0 saturated carbocycles. The highest BCUT2D eigenvalue weighted by molar-refractivity contribution is 6.03. The minimum Gasteiger partial charge on any atom is -0.444 e. The number of anilines is 1. The van der Waals surface area contributed by atoms with E-state index in [2.05, 4.69) is 39.7 Å². The zero-order chi connectivity index (χ0) is 27.3. The third kappa shape index (κ3) is 6.75. The number of amides is 1. The predicted octanol–water partition coefficient (Wildman–Crippen LogP) is 4.47. The van der Waals surface area contributed by atoms with Crippen LogP contribution >= 0.6 is 0 Å². The molecule has 1 aromatic carbocycles. The van der Waals surface area contributed by atoms with Crippen LogP contribution in [0, 0.1) is 0 Å². The van der Waals surface area contributed by atoms with Crippen LogP contribution in [0.3, 0.4) is 0 Å². The van der Waals surface area contributed by atoms with Gasteiger partial charge in [-0.15, -0.1) is 0 Å². The Morgan fingerprint density at radius 2 is 1.82 bits per heavy atom. The lowest BCUT2D eigenvalue weighted by Gasteiger charge is -2.43. The van der Waals surface area contributed by atoms with Gasteiger partial charge < -0.3 is 31.0 Å². The van der Waals surface area contributed by atoms with Crippen LogP contribution in [0.15, 0.2) is 46.3 Å². The van der Waals surface area contributed by atoms with Crippen molar-refractivity contribution in [1.29, 1.82) is 0 Å². The number of ether oxygens (including phenoxy) is 1. The maximum Gasteiger partial charge on any atom is 0.410 e. The molecule has 1 aromatic heterocycles. The summed E-state index contributed by atoms with van der Waals surface area (Å²) in [6.07, 6.45) is 5.88. The molecular weight excluding hydrogens is 480 g/mol. The molecule has 0 atom stereocenters. The standard InChI is InChI=1S/C29H42N6O3/c1-5-29(13-18-35(19-14-29)27(37)38-28(2,3)4)34-23-12-17-32-26(36)24(23)25(30)33-22-8-6-20(7-9-22)21-10-15-31-16-11-21/h6-9,12,17,21,31H,5,10-11,13-16,18-19H2,1-4H3,(H2,30,33)(H2,32,34,36). The predicted molar refractivity (Wildman–Crippen MR) is 152 cm³/mol. The molecule has 2 fully saturated rings. The normalized spacial score (nSPS) is 18.7. The average Bonchev–Trinajstić information content (AvgIpc) is 2.89. The number of amidine groups is 1. The van der Waals surface area contributed by atoms with E-state index in [9.17, 15) is 9.59 Å². The molecule has 0 spiro atoms. The van der Waals surface area contributed by atoms with E-state index in [0.717, 1.165) is 45.2 Å². The van der Waals surface area contributed by atoms with E-state index in [4.69, 9.17) is 10.5 Å². The maximum atomic E-state index is 12.9. The lowest BCUT2D eigenvalue weighted by molar-refractivity contribution is 0.0176. The number of carbonyl (C=O) groups excluding carboxylic acids is 1. The second-order valence-corrected chi connectivity index (χ2v) is 11.4. The van der Waals surface area contributed by atoms with Crippen LogP contribution in [-0.4, -0.2) is 59.1 Å². The molecule has 3 heterocycles. The van der Waals surface area contributed by atoms with Crippen molar-refractivity contribution in [2.75, 3.05) is 31.5 Å². The van der Waals surface area contributed by atoms with Crippen molar-refractivity contribution in [2.24, 2.45) is 10.7 Å². The van der Waals surface area contributed by atoms with Crippen molar-refractivity contribution in [2.45, 2.75) is 76.9 Å². The SMILES string of the molecule is CCC1(Nc2cc[nH]c(=O)c2C(N)=Nc2ccc(C3CCNCC3)cc2)CCN(C(=O)OC(C)(C)C)CC1.